The number of halogens is 3. The van der Waals surface area contributed by atoms with Crippen molar-refractivity contribution in [3.05, 3.63) is 58.6 Å². The van der Waals surface area contributed by atoms with Crippen molar-refractivity contribution in [1.82, 2.24) is 0 Å². The van der Waals surface area contributed by atoms with Gasteiger partial charge in [0.05, 0.1) is 0 Å². The maximum Gasteiger partial charge on any atom is 0.201 e. The molecule has 0 heterocycles. The molecule has 4 heteroatoms. The highest BCUT2D eigenvalue weighted by Gasteiger charge is 2.09. The minimum Gasteiger partial charge on any atom is -0.454 e. The van der Waals surface area contributed by atoms with Crippen LogP contribution in [0.1, 0.15) is 0 Å². The lowest BCUT2D eigenvalue weighted by Gasteiger charge is -2.06. The minimum atomic E-state index is -0.984. The largest absolute Gasteiger partial charge is 0.454 e. The fraction of sp³-hybridized carbons (Fsp3) is 0. The molecule has 0 aromatic heterocycles. The number of benzene rings is 2. The summed E-state index contributed by atoms with van der Waals surface area (Å²) in [7, 11) is 0. The van der Waals surface area contributed by atoms with Gasteiger partial charge in [-0.15, -0.1) is 0 Å². The molecule has 1 nitrogen and oxygen atoms in total. The fourth-order valence-corrected chi connectivity index (χ4v) is 1.60. The maximum absolute atomic E-state index is 13.3. The maximum atomic E-state index is 13.3. The van der Waals surface area contributed by atoms with Gasteiger partial charge in [0.1, 0.15) is 5.75 Å². The highest BCUT2D eigenvalue weighted by atomic mass is 79.9. The van der Waals surface area contributed by atoms with Crippen LogP contribution in [0, 0.1) is 11.6 Å². The second kappa shape index (κ2) is 4.61. The number of hydrogen-bond acceptors (Lipinski definition) is 1. The predicted molar refractivity (Wildman–Crippen MR) is 60.6 cm³/mol. The van der Waals surface area contributed by atoms with Crippen molar-refractivity contribution in [2.45, 2.75) is 0 Å². The summed E-state index contributed by atoms with van der Waals surface area (Å²) in [5.41, 5.74) is 0. The van der Waals surface area contributed by atoms with E-state index < -0.39 is 11.6 Å². The average Bonchev–Trinajstić information content (AvgIpc) is 2.25. The predicted octanol–water partition coefficient (Wildman–Crippen LogP) is 4.52. The monoisotopic (exact) mass is 284 g/mol. The van der Waals surface area contributed by atoms with Gasteiger partial charge in [0.15, 0.2) is 11.6 Å². The Hall–Kier alpha value is -1.42. The van der Waals surface area contributed by atoms with Crippen molar-refractivity contribution in [3.63, 3.8) is 0 Å². The van der Waals surface area contributed by atoms with E-state index in [0.29, 0.717) is 5.75 Å². The molecule has 0 unspecified atom stereocenters. The molecule has 0 fully saturated rings. The number of rotatable bonds is 2. The lowest BCUT2D eigenvalue weighted by atomic mass is 10.3. The van der Waals surface area contributed by atoms with Gasteiger partial charge in [0, 0.05) is 4.47 Å². The van der Waals surface area contributed by atoms with E-state index in [1.54, 1.807) is 18.2 Å². The molecule has 82 valence electrons. The van der Waals surface area contributed by atoms with Crippen molar-refractivity contribution in [3.8, 4) is 11.5 Å². The molecule has 0 aliphatic heterocycles. The van der Waals surface area contributed by atoms with Crippen molar-refractivity contribution < 1.29 is 13.5 Å². The van der Waals surface area contributed by atoms with Crippen LogP contribution in [0.4, 0.5) is 8.78 Å². The van der Waals surface area contributed by atoms with Crippen LogP contribution in [-0.2, 0) is 0 Å². The molecule has 2 aromatic rings. The summed E-state index contributed by atoms with van der Waals surface area (Å²) in [6, 6.07) is 10.7. The van der Waals surface area contributed by atoms with E-state index in [-0.39, 0.29) is 5.75 Å². The SMILES string of the molecule is Fc1cccc(Oc2cccc(Br)c2)c1F. The molecule has 0 bridgehead atoms. The molecule has 0 aliphatic rings. The minimum absolute atomic E-state index is 0.127. The summed E-state index contributed by atoms with van der Waals surface area (Å²) in [6.07, 6.45) is 0. The molecule has 2 rings (SSSR count). The number of hydrogen-bond donors (Lipinski definition) is 0. The lowest BCUT2D eigenvalue weighted by molar-refractivity contribution is 0.416. The van der Waals surface area contributed by atoms with Crippen LogP contribution in [0.15, 0.2) is 46.9 Å². The zero-order valence-corrected chi connectivity index (χ0v) is 9.67. The van der Waals surface area contributed by atoms with Crippen LogP contribution < -0.4 is 4.74 Å². The topological polar surface area (TPSA) is 9.23 Å². The third-order valence-corrected chi connectivity index (χ3v) is 2.43. The Kier molecular flexibility index (Phi) is 3.19. The Balaban J connectivity index is 2.31. The summed E-state index contributed by atoms with van der Waals surface area (Å²) in [6.45, 7) is 0. The van der Waals surface area contributed by atoms with Crippen LogP contribution in [0.3, 0.4) is 0 Å². The average molecular weight is 285 g/mol. The Bertz CT molecular complexity index is 514. The molecule has 0 amide bonds. The van der Waals surface area contributed by atoms with Gasteiger partial charge in [-0.3, -0.25) is 0 Å². The smallest absolute Gasteiger partial charge is 0.201 e. The van der Waals surface area contributed by atoms with Gasteiger partial charge in [-0.25, -0.2) is 4.39 Å². The Morgan fingerprint density at radius 2 is 1.75 bits per heavy atom. The third kappa shape index (κ3) is 2.39. The van der Waals surface area contributed by atoms with E-state index in [9.17, 15) is 8.78 Å². The van der Waals surface area contributed by atoms with Crippen LogP contribution in [-0.4, -0.2) is 0 Å². The Morgan fingerprint density at radius 3 is 2.50 bits per heavy atom. The van der Waals surface area contributed by atoms with Crippen LogP contribution >= 0.6 is 15.9 Å². The normalized spacial score (nSPS) is 10.2. The van der Waals surface area contributed by atoms with Gasteiger partial charge < -0.3 is 4.74 Å². The first-order chi connectivity index (χ1) is 7.66. The second-order valence-electron chi connectivity index (χ2n) is 3.11. The Labute approximate surface area is 99.8 Å². The van der Waals surface area contributed by atoms with E-state index in [1.807, 2.05) is 6.07 Å². The summed E-state index contributed by atoms with van der Waals surface area (Å²) < 4.78 is 32.2. The van der Waals surface area contributed by atoms with Crippen LogP contribution in [0.5, 0.6) is 11.5 Å². The highest BCUT2D eigenvalue weighted by molar-refractivity contribution is 9.10. The molecule has 0 radical (unpaired) electrons. The molecular formula is C12H7BrF2O. The number of ether oxygens (including phenoxy) is 1. The molecule has 0 saturated heterocycles. The van der Waals surface area contributed by atoms with Crippen molar-refractivity contribution >= 4 is 15.9 Å². The Morgan fingerprint density at radius 1 is 1.00 bits per heavy atom. The van der Waals surface area contributed by atoms with E-state index in [1.165, 1.54) is 12.1 Å². The molecule has 2 aromatic carbocycles. The lowest BCUT2D eigenvalue weighted by Crippen LogP contribution is -1.91. The van der Waals surface area contributed by atoms with Gasteiger partial charge in [-0.2, -0.15) is 4.39 Å². The molecule has 0 saturated carbocycles. The van der Waals surface area contributed by atoms with E-state index in [0.717, 1.165) is 10.5 Å². The first-order valence-electron chi connectivity index (χ1n) is 4.54. The van der Waals surface area contributed by atoms with Gasteiger partial charge >= 0.3 is 0 Å². The van der Waals surface area contributed by atoms with E-state index in [4.69, 9.17) is 4.74 Å². The first-order valence-corrected chi connectivity index (χ1v) is 5.33. The van der Waals surface area contributed by atoms with Crippen molar-refractivity contribution in [2.75, 3.05) is 0 Å². The van der Waals surface area contributed by atoms with E-state index >= 15 is 0 Å². The van der Waals surface area contributed by atoms with E-state index in [2.05, 4.69) is 15.9 Å². The van der Waals surface area contributed by atoms with Crippen molar-refractivity contribution in [1.29, 1.82) is 0 Å². The van der Waals surface area contributed by atoms with Crippen LogP contribution in [0.2, 0.25) is 0 Å². The zero-order chi connectivity index (χ0) is 11.5. The molecule has 0 spiro atoms. The van der Waals surface area contributed by atoms with Gasteiger partial charge in [0.25, 0.3) is 0 Å². The summed E-state index contributed by atoms with van der Waals surface area (Å²) in [5.74, 6) is -1.59. The quantitative estimate of drug-likeness (QED) is 0.788. The fourth-order valence-electron chi connectivity index (χ4n) is 1.22. The standard InChI is InChI=1S/C12H7BrF2O/c13-8-3-1-4-9(7-8)16-11-6-2-5-10(14)12(11)15/h1-7H. The van der Waals surface area contributed by atoms with Gasteiger partial charge in [-0.05, 0) is 30.3 Å². The summed E-state index contributed by atoms with van der Waals surface area (Å²) in [5, 5.41) is 0. The molecule has 0 atom stereocenters. The summed E-state index contributed by atoms with van der Waals surface area (Å²) >= 11 is 3.26. The zero-order valence-electron chi connectivity index (χ0n) is 8.08. The van der Waals surface area contributed by atoms with Gasteiger partial charge in [-0.1, -0.05) is 28.1 Å². The molecule has 0 aliphatic carbocycles. The molecule has 16 heavy (non-hydrogen) atoms. The highest BCUT2D eigenvalue weighted by Crippen LogP contribution is 2.27. The van der Waals surface area contributed by atoms with Crippen LogP contribution in [0.25, 0.3) is 0 Å². The summed E-state index contributed by atoms with van der Waals surface area (Å²) in [4.78, 5) is 0. The van der Waals surface area contributed by atoms with Crippen molar-refractivity contribution in [2.24, 2.45) is 0 Å². The van der Waals surface area contributed by atoms with Gasteiger partial charge in [0.2, 0.25) is 5.82 Å². The first kappa shape index (κ1) is 11.1. The molecular weight excluding hydrogens is 278 g/mol. The second-order valence-corrected chi connectivity index (χ2v) is 4.03. The third-order valence-electron chi connectivity index (χ3n) is 1.94. The molecule has 0 N–H and O–H groups in total.